The van der Waals surface area contributed by atoms with Gasteiger partial charge in [-0.3, -0.25) is 14.9 Å². The van der Waals surface area contributed by atoms with Crippen molar-refractivity contribution in [3.63, 3.8) is 0 Å². The molecule has 0 saturated heterocycles. The maximum absolute atomic E-state index is 12.6. The molecule has 35 heavy (non-hydrogen) atoms. The minimum Gasteiger partial charge on any atom is -0.493 e. The zero-order valence-corrected chi connectivity index (χ0v) is 21.2. The number of methoxy groups -OCH3 is 1. The van der Waals surface area contributed by atoms with E-state index in [1.165, 1.54) is 25.3 Å². The van der Waals surface area contributed by atoms with Gasteiger partial charge in [0.05, 0.1) is 15.6 Å². The fourth-order valence-corrected chi connectivity index (χ4v) is 3.95. The molecule has 0 atom stereocenters. The van der Waals surface area contributed by atoms with Crippen LogP contribution in [0.25, 0.3) is 6.08 Å². The molecule has 0 aliphatic rings. The third-order valence-corrected chi connectivity index (χ3v) is 5.88. The lowest BCUT2D eigenvalue weighted by molar-refractivity contribution is -0.384. The Morgan fingerprint density at radius 2 is 1.80 bits per heavy atom. The summed E-state index contributed by atoms with van der Waals surface area (Å²) in [5.74, 6) is 0.407. The molecule has 0 radical (unpaired) electrons. The van der Waals surface area contributed by atoms with Crippen molar-refractivity contribution in [1.82, 2.24) is 0 Å². The van der Waals surface area contributed by atoms with E-state index in [0.717, 1.165) is 17.5 Å². The van der Waals surface area contributed by atoms with Crippen molar-refractivity contribution >= 4 is 45.9 Å². The van der Waals surface area contributed by atoms with Crippen molar-refractivity contribution in [3.05, 3.63) is 96.6 Å². The second-order valence-corrected chi connectivity index (χ2v) is 8.58. The molecule has 178 valence electrons. The lowest BCUT2D eigenvalue weighted by atomic mass is 10.1. The molecule has 0 aliphatic heterocycles. The molecule has 3 aromatic rings. The SMILES string of the molecule is CCc1ccc(NC(=O)/C(C#N)=C\c2cc(I)c(OCc3ccc([N+](=O)[O-])cc3)c(OC)c2)cc1. The summed E-state index contributed by atoms with van der Waals surface area (Å²) in [6.45, 7) is 2.23. The number of benzene rings is 3. The Balaban J connectivity index is 1.77. The molecule has 3 rings (SSSR count). The van der Waals surface area contributed by atoms with Gasteiger partial charge in [-0.05, 0) is 88.2 Å². The van der Waals surface area contributed by atoms with E-state index in [1.54, 1.807) is 36.4 Å². The highest BCUT2D eigenvalue weighted by molar-refractivity contribution is 14.1. The van der Waals surface area contributed by atoms with Crippen LogP contribution in [0.4, 0.5) is 11.4 Å². The van der Waals surface area contributed by atoms with E-state index in [2.05, 4.69) is 27.9 Å². The van der Waals surface area contributed by atoms with Crippen LogP contribution in [0.5, 0.6) is 11.5 Å². The summed E-state index contributed by atoms with van der Waals surface area (Å²) in [5.41, 5.74) is 3.07. The van der Waals surface area contributed by atoms with Gasteiger partial charge >= 0.3 is 0 Å². The van der Waals surface area contributed by atoms with Crippen LogP contribution in [0, 0.1) is 25.0 Å². The van der Waals surface area contributed by atoms with Crippen LogP contribution in [-0.4, -0.2) is 17.9 Å². The lowest BCUT2D eigenvalue weighted by Crippen LogP contribution is -2.13. The number of amides is 1. The standard InChI is InChI=1S/C26H22IN3O5/c1-3-17-4-8-21(9-5-17)29-26(31)20(15-28)12-19-13-23(27)25(24(14-19)34-2)35-16-18-6-10-22(11-7-18)30(32)33/h4-14H,3,16H2,1-2H3,(H,29,31)/b20-12-. The average Bonchev–Trinajstić information content (AvgIpc) is 2.86. The molecule has 8 nitrogen and oxygen atoms in total. The van der Waals surface area contributed by atoms with Crippen molar-refractivity contribution in [2.75, 3.05) is 12.4 Å². The van der Waals surface area contributed by atoms with E-state index in [0.29, 0.717) is 26.3 Å². The zero-order valence-electron chi connectivity index (χ0n) is 19.1. The molecule has 0 heterocycles. The number of anilines is 1. The molecule has 9 heteroatoms. The lowest BCUT2D eigenvalue weighted by Gasteiger charge is -2.14. The number of halogens is 1. The number of carbonyl (C=O) groups excluding carboxylic acids is 1. The van der Waals surface area contributed by atoms with Crippen LogP contribution in [0.3, 0.4) is 0 Å². The van der Waals surface area contributed by atoms with E-state index in [9.17, 15) is 20.2 Å². The third kappa shape index (κ3) is 6.80. The molecule has 0 bridgehead atoms. The van der Waals surface area contributed by atoms with Gasteiger partial charge in [-0.1, -0.05) is 19.1 Å². The van der Waals surface area contributed by atoms with Crippen molar-refractivity contribution < 1.29 is 19.2 Å². The van der Waals surface area contributed by atoms with E-state index in [1.807, 2.05) is 25.1 Å². The van der Waals surface area contributed by atoms with Crippen molar-refractivity contribution in [1.29, 1.82) is 5.26 Å². The summed E-state index contributed by atoms with van der Waals surface area (Å²) in [4.78, 5) is 23.0. The van der Waals surface area contributed by atoms with Crippen molar-refractivity contribution in [2.45, 2.75) is 20.0 Å². The normalized spacial score (nSPS) is 10.9. The molecule has 0 aromatic heterocycles. The first-order chi connectivity index (χ1) is 16.8. The second kappa shape index (κ2) is 12.0. The molecule has 3 aromatic carbocycles. The molecular formula is C26H22IN3O5. The Morgan fingerprint density at radius 3 is 2.37 bits per heavy atom. The number of carbonyl (C=O) groups is 1. The van der Waals surface area contributed by atoms with Crippen LogP contribution >= 0.6 is 22.6 Å². The maximum atomic E-state index is 12.6. The largest absolute Gasteiger partial charge is 0.493 e. The molecule has 0 aliphatic carbocycles. The molecule has 1 amide bonds. The smallest absolute Gasteiger partial charge is 0.269 e. The predicted molar refractivity (Wildman–Crippen MR) is 141 cm³/mol. The van der Waals surface area contributed by atoms with Gasteiger partial charge < -0.3 is 14.8 Å². The van der Waals surface area contributed by atoms with Crippen molar-refractivity contribution in [2.24, 2.45) is 0 Å². The Morgan fingerprint density at radius 1 is 1.14 bits per heavy atom. The average molecular weight is 583 g/mol. The number of non-ortho nitro benzene ring substituents is 1. The summed E-state index contributed by atoms with van der Waals surface area (Å²) in [7, 11) is 1.50. The van der Waals surface area contributed by atoms with Gasteiger partial charge in [0.25, 0.3) is 11.6 Å². The Hall–Kier alpha value is -3.91. The fraction of sp³-hybridized carbons (Fsp3) is 0.154. The highest BCUT2D eigenvalue weighted by atomic mass is 127. The van der Waals surface area contributed by atoms with Crippen LogP contribution in [-0.2, 0) is 17.8 Å². The maximum Gasteiger partial charge on any atom is 0.269 e. The number of ether oxygens (including phenoxy) is 2. The summed E-state index contributed by atoms with van der Waals surface area (Å²) >= 11 is 2.09. The summed E-state index contributed by atoms with van der Waals surface area (Å²) < 4.78 is 12.1. The first-order valence-corrected chi connectivity index (χ1v) is 11.7. The summed E-state index contributed by atoms with van der Waals surface area (Å²) in [5, 5.41) is 23.1. The predicted octanol–water partition coefficient (Wildman–Crippen LogP) is 5.90. The van der Waals surface area contributed by atoms with E-state index in [4.69, 9.17) is 9.47 Å². The summed E-state index contributed by atoms with van der Waals surface area (Å²) in [6.07, 6.45) is 2.38. The van der Waals surface area contributed by atoms with E-state index < -0.39 is 10.8 Å². The number of nitriles is 1. The van der Waals surface area contributed by atoms with E-state index in [-0.39, 0.29) is 17.9 Å². The first-order valence-electron chi connectivity index (χ1n) is 10.6. The number of nitrogens with one attached hydrogen (secondary N) is 1. The topological polar surface area (TPSA) is 114 Å². The number of nitro groups is 1. The van der Waals surface area contributed by atoms with Gasteiger partial charge in [0.15, 0.2) is 11.5 Å². The quantitative estimate of drug-likeness (QED) is 0.110. The second-order valence-electron chi connectivity index (χ2n) is 7.42. The molecule has 0 saturated carbocycles. The van der Waals surface area contributed by atoms with Crippen LogP contribution < -0.4 is 14.8 Å². The monoisotopic (exact) mass is 583 g/mol. The minimum atomic E-state index is -0.510. The highest BCUT2D eigenvalue weighted by Gasteiger charge is 2.15. The van der Waals surface area contributed by atoms with Gasteiger partial charge in [0, 0.05) is 17.8 Å². The van der Waals surface area contributed by atoms with Gasteiger partial charge in [0.1, 0.15) is 18.2 Å². The molecule has 1 N–H and O–H groups in total. The number of hydrogen-bond donors (Lipinski definition) is 1. The Kier molecular flexibility index (Phi) is 8.80. The van der Waals surface area contributed by atoms with Crippen LogP contribution in [0.2, 0.25) is 0 Å². The van der Waals surface area contributed by atoms with Gasteiger partial charge in [0.2, 0.25) is 0 Å². The van der Waals surface area contributed by atoms with Crippen LogP contribution in [0.15, 0.2) is 66.2 Å². The molecule has 0 unspecified atom stereocenters. The first kappa shape index (κ1) is 25.7. The Bertz CT molecular complexity index is 1300. The fourth-order valence-electron chi connectivity index (χ4n) is 3.17. The molecule has 0 spiro atoms. The Labute approximate surface area is 216 Å². The minimum absolute atomic E-state index is 0.00681. The third-order valence-electron chi connectivity index (χ3n) is 5.08. The van der Waals surface area contributed by atoms with Gasteiger partial charge in [-0.15, -0.1) is 0 Å². The highest BCUT2D eigenvalue weighted by Crippen LogP contribution is 2.35. The number of nitrogens with zero attached hydrogens (tertiary/aromatic N) is 2. The zero-order chi connectivity index (χ0) is 25.4. The van der Waals surface area contributed by atoms with Crippen LogP contribution in [0.1, 0.15) is 23.6 Å². The van der Waals surface area contributed by atoms with Crippen molar-refractivity contribution in [3.8, 4) is 17.6 Å². The number of nitro benzene ring substituents is 1. The molecular weight excluding hydrogens is 561 g/mol. The summed E-state index contributed by atoms with van der Waals surface area (Å²) in [6, 6.07) is 18.9. The number of hydrogen-bond acceptors (Lipinski definition) is 6. The van der Waals surface area contributed by atoms with Gasteiger partial charge in [-0.2, -0.15) is 5.26 Å². The molecule has 0 fully saturated rings. The number of aryl methyl sites for hydroxylation is 1. The number of rotatable bonds is 9. The van der Waals surface area contributed by atoms with E-state index >= 15 is 0 Å². The van der Waals surface area contributed by atoms with Gasteiger partial charge in [-0.25, -0.2) is 0 Å².